The Hall–Kier alpha value is -1.98. The van der Waals surface area contributed by atoms with Crippen molar-refractivity contribution in [3.8, 4) is 0 Å². The second-order valence-corrected chi connectivity index (χ2v) is 5.37. The Morgan fingerprint density at radius 3 is 2.40 bits per heavy atom. The zero-order valence-electron chi connectivity index (χ0n) is 12.1. The molecule has 0 bridgehead atoms. The van der Waals surface area contributed by atoms with Crippen molar-refractivity contribution in [2.75, 3.05) is 6.54 Å². The maximum absolute atomic E-state index is 13.8. The van der Waals surface area contributed by atoms with Crippen LogP contribution in [0.4, 0.5) is 10.1 Å². The van der Waals surface area contributed by atoms with Crippen LogP contribution in [0.2, 0.25) is 0 Å². The maximum atomic E-state index is 13.8. The highest BCUT2D eigenvalue weighted by Gasteiger charge is 2.24. The summed E-state index contributed by atoms with van der Waals surface area (Å²) < 4.78 is 13.8. The van der Waals surface area contributed by atoms with Crippen molar-refractivity contribution < 1.29 is 14.1 Å². The molecule has 6 heteroatoms. The van der Waals surface area contributed by atoms with Gasteiger partial charge in [0.05, 0.1) is 10.5 Å². The molecular weight excluding hydrogens is 263 g/mol. The minimum atomic E-state index is -0.741. The van der Waals surface area contributed by atoms with E-state index < -0.39 is 16.6 Å². The van der Waals surface area contributed by atoms with Crippen LogP contribution in [0.15, 0.2) is 18.2 Å². The number of benzene rings is 1. The standard InChI is InChI=1S/C14H19FN2O3/c1-9(2)8-16(10(3)4)14(18)12-7-11(17(19)20)5-6-13(12)15/h5-7,9-10H,8H2,1-4H3. The molecule has 5 nitrogen and oxygen atoms in total. The van der Waals surface area contributed by atoms with Crippen LogP contribution in [0.3, 0.4) is 0 Å². The van der Waals surface area contributed by atoms with Gasteiger partial charge in [-0.05, 0) is 25.8 Å². The van der Waals surface area contributed by atoms with Gasteiger partial charge >= 0.3 is 0 Å². The Labute approximate surface area is 117 Å². The molecule has 0 aromatic heterocycles. The van der Waals surface area contributed by atoms with Crippen LogP contribution in [0.25, 0.3) is 0 Å². The molecular formula is C14H19FN2O3. The molecule has 0 radical (unpaired) electrons. The molecule has 1 aromatic rings. The lowest BCUT2D eigenvalue weighted by Gasteiger charge is -2.28. The number of carbonyl (C=O) groups is 1. The summed E-state index contributed by atoms with van der Waals surface area (Å²) >= 11 is 0. The molecule has 0 N–H and O–H groups in total. The van der Waals surface area contributed by atoms with E-state index in [1.165, 1.54) is 4.90 Å². The number of nitro groups is 1. The van der Waals surface area contributed by atoms with Crippen molar-refractivity contribution in [3.05, 3.63) is 39.7 Å². The topological polar surface area (TPSA) is 63.5 Å². The van der Waals surface area contributed by atoms with Gasteiger partial charge in [-0.15, -0.1) is 0 Å². The van der Waals surface area contributed by atoms with E-state index in [-0.39, 0.29) is 23.2 Å². The fourth-order valence-corrected chi connectivity index (χ4v) is 1.87. The van der Waals surface area contributed by atoms with Gasteiger partial charge in [-0.3, -0.25) is 14.9 Å². The number of hydrogen-bond donors (Lipinski definition) is 0. The van der Waals surface area contributed by atoms with Gasteiger partial charge in [0.1, 0.15) is 5.82 Å². The van der Waals surface area contributed by atoms with Gasteiger partial charge in [-0.25, -0.2) is 4.39 Å². The third-order valence-electron chi connectivity index (χ3n) is 2.84. The largest absolute Gasteiger partial charge is 0.336 e. The van der Waals surface area contributed by atoms with E-state index in [4.69, 9.17) is 0 Å². The molecule has 0 unspecified atom stereocenters. The Balaban J connectivity index is 3.17. The van der Waals surface area contributed by atoms with Gasteiger partial charge in [-0.2, -0.15) is 0 Å². The van der Waals surface area contributed by atoms with Gasteiger partial charge in [0.25, 0.3) is 11.6 Å². The number of nitro benzene ring substituents is 1. The predicted molar refractivity (Wildman–Crippen MR) is 74.1 cm³/mol. The molecule has 110 valence electrons. The van der Waals surface area contributed by atoms with Crippen molar-refractivity contribution >= 4 is 11.6 Å². The van der Waals surface area contributed by atoms with E-state index in [1.54, 1.807) is 0 Å². The second-order valence-electron chi connectivity index (χ2n) is 5.37. The van der Waals surface area contributed by atoms with Gasteiger partial charge in [0.2, 0.25) is 0 Å². The lowest BCUT2D eigenvalue weighted by atomic mass is 10.1. The zero-order chi connectivity index (χ0) is 15.4. The summed E-state index contributed by atoms with van der Waals surface area (Å²) in [6.45, 7) is 8.03. The highest BCUT2D eigenvalue weighted by Crippen LogP contribution is 2.20. The van der Waals surface area contributed by atoms with Gasteiger partial charge in [0.15, 0.2) is 0 Å². The van der Waals surface area contributed by atoms with Gasteiger partial charge < -0.3 is 4.90 Å². The summed E-state index contributed by atoms with van der Waals surface area (Å²) in [5.41, 5.74) is -0.545. The first-order chi connectivity index (χ1) is 9.23. The monoisotopic (exact) mass is 282 g/mol. The summed E-state index contributed by atoms with van der Waals surface area (Å²) in [4.78, 5) is 24.0. The van der Waals surface area contributed by atoms with E-state index in [2.05, 4.69) is 0 Å². The van der Waals surface area contributed by atoms with Crippen molar-refractivity contribution in [1.82, 2.24) is 4.90 Å². The first-order valence-electron chi connectivity index (χ1n) is 6.49. The molecule has 0 heterocycles. The Bertz CT molecular complexity index is 515. The van der Waals surface area contributed by atoms with Crippen molar-refractivity contribution in [2.24, 2.45) is 5.92 Å². The zero-order valence-corrected chi connectivity index (χ0v) is 12.1. The van der Waals surface area contributed by atoms with Crippen LogP contribution in [0, 0.1) is 21.8 Å². The number of non-ortho nitro benzene ring substituents is 1. The number of hydrogen-bond acceptors (Lipinski definition) is 3. The number of carbonyl (C=O) groups excluding carboxylic acids is 1. The first kappa shape index (κ1) is 16.1. The molecule has 1 aromatic carbocycles. The average molecular weight is 282 g/mol. The van der Waals surface area contributed by atoms with Gasteiger partial charge in [0, 0.05) is 24.7 Å². The molecule has 1 amide bonds. The number of halogens is 1. The van der Waals surface area contributed by atoms with Crippen LogP contribution in [-0.4, -0.2) is 28.3 Å². The minimum Gasteiger partial charge on any atom is -0.336 e. The van der Waals surface area contributed by atoms with E-state index in [1.807, 2.05) is 27.7 Å². The van der Waals surface area contributed by atoms with Crippen LogP contribution in [0.5, 0.6) is 0 Å². The lowest BCUT2D eigenvalue weighted by Crippen LogP contribution is -2.39. The quantitative estimate of drug-likeness (QED) is 0.615. The van der Waals surface area contributed by atoms with Crippen LogP contribution < -0.4 is 0 Å². The van der Waals surface area contributed by atoms with Crippen molar-refractivity contribution in [1.29, 1.82) is 0 Å². The van der Waals surface area contributed by atoms with E-state index in [0.717, 1.165) is 18.2 Å². The van der Waals surface area contributed by atoms with Crippen molar-refractivity contribution in [3.63, 3.8) is 0 Å². The normalized spacial score (nSPS) is 10.9. The average Bonchev–Trinajstić information content (AvgIpc) is 2.34. The summed E-state index contributed by atoms with van der Waals surface area (Å²) in [5.74, 6) is -1.03. The summed E-state index contributed by atoms with van der Waals surface area (Å²) in [6.07, 6.45) is 0. The van der Waals surface area contributed by atoms with E-state index >= 15 is 0 Å². The molecule has 20 heavy (non-hydrogen) atoms. The lowest BCUT2D eigenvalue weighted by molar-refractivity contribution is -0.384. The molecule has 1 rings (SSSR count). The fourth-order valence-electron chi connectivity index (χ4n) is 1.87. The number of amides is 1. The van der Waals surface area contributed by atoms with E-state index in [0.29, 0.717) is 6.54 Å². The van der Waals surface area contributed by atoms with Gasteiger partial charge in [-0.1, -0.05) is 13.8 Å². The summed E-state index contributed by atoms with van der Waals surface area (Å²) in [5, 5.41) is 10.7. The molecule has 0 aliphatic carbocycles. The number of nitrogens with zero attached hydrogens (tertiary/aromatic N) is 2. The predicted octanol–water partition coefficient (Wildman–Crippen LogP) is 3.24. The third-order valence-corrected chi connectivity index (χ3v) is 2.84. The van der Waals surface area contributed by atoms with Crippen LogP contribution >= 0.6 is 0 Å². The third kappa shape index (κ3) is 3.76. The van der Waals surface area contributed by atoms with Crippen LogP contribution in [0.1, 0.15) is 38.1 Å². The summed E-state index contributed by atoms with van der Waals surface area (Å²) in [6, 6.07) is 2.89. The molecule has 0 saturated heterocycles. The smallest absolute Gasteiger partial charge is 0.270 e. The Kier molecular flexibility index (Phi) is 5.19. The summed E-state index contributed by atoms with van der Waals surface area (Å²) in [7, 11) is 0. The highest BCUT2D eigenvalue weighted by molar-refractivity contribution is 5.95. The maximum Gasteiger partial charge on any atom is 0.270 e. The minimum absolute atomic E-state index is 0.108. The first-order valence-corrected chi connectivity index (χ1v) is 6.49. The molecule has 0 fully saturated rings. The SMILES string of the molecule is CC(C)CN(C(=O)c1cc([N+](=O)[O-])ccc1F)C(C)C. The highest BCUT2D eigenvalue weighted by atomic mass is 19.1. The second kappa shape index (κ2) is 6.45. The Morgan fingerprint density at radius 2 is 1.95 bits per heavy atom. The number of rotatable bonds is 5. The van der Waals surface area contributed by atoms with Crippen LogP contribution in [-0.2, 0) is 0 Å². The molecule has 0 atom stereocenters. The Morgan fingerprint density at radius 1 is 1.35 bits per heavy atom. The molecule has 0 aliphatic heterocycles. The fraction of sp³-hybridized carbons (Fsp3) is 0.500. The molecule has 0 spiro atoms. The molecule has 0 aliphatic rings. The van der Waals surface area contributed by atoms with E-state index in [9.17, 15) is 19.3 Å². The van der Waals surface area contributed by atoms with Crippen molar-refractivity contribution in [2.45, 2.75) is 33.7 Å². The molecule has 0 saturated carbocycles.